The molecule has 4 aliphatic carbocycles. The zero-order chi connectivity index (χ0) is 44.8. The topological polar surface area (TPSA) is 295 Å². The molecule has 0 spiro atoms. The molecule has 5 atom stereocenters. The number of aliphatic hydroxyl groups excluding tert-OH is 2. The van der Waals surface area contributed by atoms with Gasteiger partial charge in [0, 0.05) is 17.4 Å². The number of carbonyl (C=O) groups is 4. The first-order valence-corrected chi connectivity index (χ1v) is 25.1. The number of nitrogens with two attached hydrogens (primary N) is 1. The number of aromatic hydroxyl groups is 1. The Morgan fingerprint density at radius 2 is 1.59 bits per heavy atom. The summed E-state index contributed by atoms with van der Waals surface area (Å²) in [6, 6.07) is 13.7. The van der Waals surface area contributed by atoms with Gasteiger partial charge in [-0.05, 0) is 39.1 Å². The summed E-state index contributed by atoms with van der Waals surface area (Å²) in [7, 11) is 3.06. The number of rotatable bonds is 5. The standard InChI is InChI=1S/C22H24N2O8.C20H9Br2O5.Hg.2Na.H2O/c1-21(31)8-5-4-6-11(25)12(8)16(26)13-9(21)7-10-15(24(2)3)17(27)14(20(23)30)19(29)22(10,32)18(13)28;21-13-5-11-17(7-15(13)23)27-18-8-16(24)14(22)6-12(18)19(11)9-3-1-2-4-10(9)20(25)26;;;;/h4-6,9-10,15,25,27-28,31-32H,7H2,1-3H3,(H2,23,30);1-7,24H,(H,25,26);;;;1H2/q;;3*+1;/p-3/t9-,10-,15-,21+,22-;;;;;/m0...../s1. The number of aromatic carboxylic acids is 1. The van der Waals surface area contributed by atoms with Crippen LogP contribution in [-0.2, 0) is 40.2 Å². The number of phenols is 1. The molecule has 1 amide bonds. The van der Waals surface area contributed by atoms with Crippen molar-refractivity contribution in [2.45, 2.75) is 30.6 Å². The molecule has 1 aliphatic heterocycles. The van der Waals surface area contributed by atoms with Crippen molar-refractivity contribution >= 4 is 69.3 Å². The fourth-order valence-corrected chi connectivity index (χ4v) is 13.6. The Kier molecular flexibility index (Phi) is 15.2. The maximum absolute atomic E-state index is 13.3. The number of fused-ring (bicyclic) bond motifs is 5. The number of Topliss-reactive ketones (excluding diaryl/α,β-unsaturated/α-hetero) is 2. The summed E-state index contributed by atoms with van der Waals surface area (Å²) in [5.41, 5.74) is 0.485. The molecule has 0 saturated heterocycles. The zero-order valence-electron chi connectivity index (χ0n) is 34.1. The molecule has 8 N–H and O–H groups in total. The van der Waals surface area contributed by atoms with Gasteiger partial charge in [0.1, 0.15) is 22.8 Å². The van der Waals surface area contributed by atoms with Crippen LogP contribution in [0.25, 0.3) is 33.4 Å². The summed E-state index contributed by atoms with van der Waals surface area (Å²) in [4.78, 5) is 63.8. The van der Waals surface area contributed by atoms with Gasteiger partial charge in [-0.2, -0.15) is 0 Å². The van der Waals surface area contributed by atoms with E-state index >= 15 is 0 Å². The third-order valence-electron chi connectivity index (χ3n) is 11.7. The summed E-state index contributed by atoms with van der Waals surface area (Å²) in [6.45, 7) is 1.40. The number of nitrogens with zero attached hydrogens (tertiary/aromatic N) is 1. The van der Waals surface area contributed by atoms with E-state index in [0.29, 0.717) is 22.1 Å². The first-order chi connectivity index (χ1) is 28.6. The normalized spacial score (nSPS) is 22.5. The molecule has 21 heteroatoms. The van der Waals surface area contributed by atoms with E-state index in [9.17, 15) is 62.7 Å². The van der Waals surface area contributed by atoms with Crippen LogP contribution in [-0.4, -0.2) is 82.6 Å². The largest absolute Gasteiger partial charge is 1.00 e. The average Bonchev–Trinajstić information content (AvgIpc) is 3.19. The van der Waals surface area contributed by atoms with E-state index in [-0.39, 0.29) is 117 Å². The molecule has 0 unspecified atom stereocenters. The number of primary amides is 1. The zero-order valence-corrected chi connectivity index (χ0v) is 46.8. The van der Waals surface area contributed by atoms with Gasteiger partial charge >= 0.3 is 254 Å². The van der Waals surface area contributed by atoms with E-state index in [0.717, 1.165) is 0 Å². The minimum Gasteiger partial charge on any atom is 1.00 e. The van der Waals surface area contributed by atoms with Gasteiger partial charge in [0.05, 0.1) is 17.2 Å². The van der Waals surface area contributed by atoms with Crippen LogP contribution in [0.15, 0.2) is 101 Å². The number of benzene rings is 4. The molecule has 312 valence electrons. The molecule has 63 heavy (non-hydrogen) atoms. The molecule has 0 fully saturated rings. The molecule has 8 rings (SSSR count). The number of aliphatic hydroxyl groups is 4. The Labute approximate surface area is 431 Å². The molecule has 0 bridgehead atoms. The van der Waals surface area contributed by atoms with Crippen LogP contribution in [0.2, 0.25) is 0 Å². The van der Waals surface area contributed by atoms with Crippen LogP contribution in [0.4, 0.5) is 0 Å². The van der Waals surface area contributed by atoms with E-state index in [4.69, 9.17) is 10.2 Å². The fourth-order valence-electron chi connectivity index (χ4n) is 8.86. The van der Waals surface area contributed by atoms with Crippen LogP contribution in [0.3, 0.4) is 0 Å². The van der Waals surface area contributed by atoms with Crippen LogP contribution in [0, 0.1) is 11.8 Å². The average molecular weight is 1200 g/mol. The summed E-state index contributed by atoms with van der Waals surface area (Å²) in [5, 5.41) is 79.8. The second-order valence-electron chi connectivity index (χ2n) is 15.3. The van der Waals surface area contributed by atoms with Gasteiger partial charge in [-0.15, -0.1) is 0 Å². The second kappa shape index (κ2) is 18.7. The van der Waals surface area contributed by atoms with E-state index in [1.54, 1.807) is 30.3 Å². The first kappa shape index (κ1) is 51.0. The van der Waals surface area contributed by atoms with E-state index in [1.165, 1.54) is 56.3 Å². The second-order valence-corrected chi connectivity index (χ2v) is 20.9. The van der Waals surface area contributed by atoms with Crippen molar-refractivity contribution in [3.63, 3.8) is 0 Å². The SMILES string of the molecule is CN(C)[C@@H]1C(O)=C(C(N)=O)C(=O)[C@@]2(O)C(O)=C3C(=O)c4c(O)cccc4[C@@](C)(O)[C@H]3C[C@@H]12.O=C([O-])c1ccccc1-c1c2cc(Br)c(=O)cc-2oc2[c]([Hg][OH])c([O-])c(Br)cc12.[Na+].[Na+]. The predicted molar refractivity (Wildman–Crippen MR) is 215 cm³/mol. The van der Waals surface area contributed by atoms with Gasteiger partial charge in [-0.3, -0.25) is 19.3 Å². The Balaban J connectivity index is 0.000000231. The number of phenolic OH excluding ortho intramolecular Hbond substituents is 1. The van der Waals surface area contributed by atoms with Crippen molar-refractivity contribution < 1.29 is 147 Å². The smallest absolute Gasteiger partial charge is 1.00 e. The quantitative estimate of drug-likeness (QED) is 0.0501. The van der Waals surface area contributed by atoms with Gasteiger partial charge in [0.2, 0.25) is 5.78 Å². The number of hydrogen-bond donors (Lipinski definition) is 7. The molecule has 16 nitrogen and oxygen atoms in total. The van der Waals surface area contributed by atoms with Crippen molar-refractivity contribution in [3.05, 3.63) is 119 Å². The monoisotopic (exact) mass is 1190 g/mol. The van der Waals surface area contributed by atoms with Crippen LogP contribution < -0.4 is 83.6 Å². The number of hydrogen-bond acceptors (Lipinski definition) is 15. The Bertz CT molecular complexity index is 2880. The molecule has 0 saturated carbocycles. The Morgan fingerprint density at radius 3 is 2.19 bits per heavy atom. The van der Waals surface area contributed by atoms with Crippen molar-refractivity contribution in [3.8, 4) is 33.9 Å². The maximum Gasteiger partial charge on any atom is 1.00 e. The van der Waals surface area contributed by atoms with Gasteiger partial charge in [-0.25, -0.2) is 0 Å². The van der Waals surface area contributed by atoms with Crippen molar-refractivity contribution in [1.82, 2.24) is 4.90 Å². The summed E-state index contributed by atoms with van der Waals surface area (Å²) in [6.07, 6.45) is -0.200. The number of carbonyl (C=O) groups excluding carboxylic acids is 4. The predicted octanol–water partition coefficient (Wildman–Crippen LogP) is -4.06. The minimum absolute atomic E-state index is 0. The molecule has 0 radical (unpaired) electrons. The Morgan fingerprint density at radius 1 is 0.937 bits per heavy atom. The van der Waals surface area contributed by atoms with Crippen LogP contribution in [0.1, 0.15) is 39.6 Å². The maximum atomic E-state index is 13.3. The van der Waals surface area contributed by atoms with Crippen molar-refractivity contribution in [2.75, 3.05) is 14.1 Å². The number of halogens is 2. The van der Waals surface area contributed by atoms with E-state index in [1.807, 2.05) is 0 Å². The van der Waals surface area contributed by atoms with Gasteiger partial charge in [-0.1, -0.05) is 12.1 Å². The van der Waals surface area contributed by atoms with Crippen LogP contribution >= 0.6 is 31.9 Å². The number of ketones is 2. The molecule has 0 aromatic heterocycles. The van der Waals surface area contributed by atoms with Crippen molar-refractivity contribution in [1.29, 1.82) is 0 Å². The van der Waals surface area contributed by atoms with Gasteiger partial charge in [0.25, 0.3) is 5.91 Å². The number of likely N-dealkylation sites (N-methyl/N-ethyl adjacent to an activating group) is 1. The summed E-state index contributed by atoms with van der Waals surface area (Å²) < 4.78 is 16.6. The summed E-state index contributed by atoms with van der Waals surface area (Å²) in [5.74, 6) is -9.41. The molecular formula is C42H32Br2HgN2Na2O14. The molecular weight excluding hydrogens is 1160 g/mol. The molecule has 1 heterocycles. The van der Waals surface area contributed by atoms with Crippen molar-refractivity contribution in [2.24, 2.45) is 17.6 Å². The first-order valence-electron chi connectivity index (χ1n) is 18.3. The number of carboxylic acid groups (broad SMARTS) is 1. The van der Waals surface area contributed by atoms with Gasteiger partial charge in [0.15, 0.2) is 11.4 Å². The molecule has 5 aliphatic rings. The number of amides is 1. The fraction of sp³-hybridized carbons (Fsp3) is 0.214. The third kappa shape index (κ3) is 8.10. The molecule has 3 aromatic carbocycles. The van der Waals surface area contributed by atoms with Crippen LogP contribution in [0.5, 0.6) is 11.5 Å². The molecule has 3 aromatic rings. The summed E-state index contributed by atoms with van der Waals surface area (Å²) >= 11 is 3.71. The Hall–Kier alpha value is -2.95. The third-order valence-corrected chi connectivity index (χ3v) is 16.6. The van der Waals surface area contributed by atoms with Gasteiger partial charge < -0.3 is 31.3 Å². The minimum atomic E-state index is -2.75. The number of carboxylic acids is 1. The van der Waals surface area contributed by atoms with E-state index < -0.39 is 106 Å². The van der Waals surface area contributed by atoms with E-state index in [2.05, 4.69) is 31.9 Å².